The van der Waals surface area contributed by atoms with Crippen LogP contribution in [-0.4, -0.2) is 58.3 Å². The number of esters is 3. The fourth-order valence-corrected chi connectivity index (χ4v) is 5.90. The van der Waals surface area contributed by atoms with Crippen LogP contribution in [0.5, 0.6) is 0 Å². The average Bonchev–Trinajstić information content (AvgIpc) is 3.27. The number of unbranched alkanes of at least 4 members (excludes halogenated alkanes) is 9. The summed E-state index contributed by atoms with van der Waals surface area (Å²) in [6.07, 6.45) is 14.1. The van der Waals surface area contributed by atoms with E-state index in [-0.39, 0.29) is 30.3 Å². The topological polar surface area (TPSA) is 114 Å². The van der Waals surface area contributed by atoms with Crippen molar-refractivity contribution >= 4 is 35.5 Å². The van der Waals surface area contributed by atoms with Crippen molar-refractivity contribution in [3.8, 4) is 0 Å². The zero-order valence-corrected chi connectivity index (χ0v) is 27.1. The van der Waals surface area contributed by atoms with Gasteiger partial charge in [-0.1, -0.05) is 76.5 Å². The van der Waals surface area contributed by atoms with Gasteiger partial charge in [-0.2, -0.15) is 0 Å². The molecule has 1 aromatic rings. The predicted molar refractivity (Wildman–Crippen MR) is 161 cm³/mol. The number of imidazole rings is 1. The second kappa shape index (κ2) is 19.7. The van der Waals surface area contributed by atoms with E-state index < -0.39 is 28.7 Å². The number of carbonyl (C=O) groups is 4. The van der Waals surface area contributed by atoms with Gasteiger partial charge in [0.2, 0.25) is 0 Å². The summed E-state index contributed by atoms with van der Waals surface area (Å²) in [5.41, 5.74) is -0.510. The zero-order valence-electron chi connectivity index (χ0n) is 26.3. The largest absolute Gasteiger partial charge is 0.469 e. The molecule has 2 atom stereocenters. The van der Waals surface area contributed by atoms with Crippen molar-refractivity contribution in [3.63, 3.8) is 0 Å². The Morgan fingerprint density at radius 3 is 2.00 bits per heavy atom. The van der Waals surface area contributed by atoms with E-state index in [2.05, 4.69) is 11.9 Å². The molecule has 1 heterocycles. The first-order valence-corrected chi connectivity index (χ1v) is 15.9. The van der Waals surface area contributed by atoms with E-state index in [0.717, 1.165) is 19.3 Å². The summed E-state index contributed by atoms with van der Waals surface area (Å²) in [4.78, 5) is 55.4. The number of methoxy groups -OCH3 is 2. The molecule has 0 bridgehead atoms. The van der Waals surface area contributed by atoms with E-state index in [9.17, 15) is 19.2 Å². The molecule has 9 nitrogen and oxygen atoms in total. The fourth-order valence-electron chi connectivity index (χ4n) is 4.57. The summed E-state index contributed by atoms with van der Waals surface area (Å²) < 4.78 is 16.9. The molecule has 1 rings (SSSR count). The first-order chi connectivity index (χ1) is 19.4. The maximum absolute atomic E-state index is 13.6. The van der Waals surface area contributed by atoms with Crippen molar-refractivity contribution in [3.05, 3.63) is 11.9 Å². The van der Waals surface area contributed by atoms with E-state index >= 15 is 0 Å². The number of ketones is 1. The van der Waals surface area contributed by atoms with Gasteiger partial charge in [0.15, 0.2) is 5.16 Å². The van der Waals surface area contributed by atoms with Gasteiger partial charge in [0, 0.05) is 25.1 Å². The molecule has 0 spiro atoms. The number of Topliss-reactive ketones (excluding diaryl/α,β-unsaturated/α-hetero) is 1. The number of hydrogen-bond acceptors (Lipinski definition) is 9. The predicted octanol–water partition coefficient (Wildman–Crippen LogP) is 6.85. The van der Waals surface area contributed by atoms with Gasteiger partial charge in [-0.3, -0.25) is 14.4 Å². The summed E-state index contributed by atoms with van der Waals surface area (Å²) in [5.74, 6) is -2.67. The van der Waals surface area contributed by atoms with Gasteiger partial charge in [0.05, 0.1) is 20.4 Å². The van der Waals surface area contributed by atoms with Crippen molar-refractivity contribution in [2.45, 2.75) is 134 Å². The zero-order chi connectivity index (χ0) is 30.8. The molecular weight excluding hydrogens is 544 g/mol. The highest BCUT2D eigenvalue weighted by Gasteiger charge is 2.38. The molecule has 0 N–H and O–H groups in total. The lowest BCUT2D eigenvalue weighted by atomic mass is 9.92. The normalized spacial score (nSPS) is 13.0. The van der Waals surface area contributed by atoms with E-state index in [1.54, 1.807) is 32.4 Å². The molecule has 1 aromatic heterocycles. The quantitative estimate of drug-likeness (QED) is 0.0494. The van der Waals surface area contributed by atoms with Crippen molar-refractivity contribution in [1.29, 1.82) is 0 Å². The third-order valence-corrected chi connectivity index (χ3v) is 8.25. The highest BCUT2D eigenvalue weighted by atomic mass is 32.2. The lowest BCUT2D eigenvalue weighted by Gasteiger charge is -2.28. The number of hydrogen-bond donors (Lipinski definition) is 0. The third kappa shape index (κ3) is 14.4. The second-order valence-electron chi connectivity index (χ2n) is 11.5. The van der Waals surface area contributed by atoms with Crippen LogP contribution in [-0.2, 0) is 35.6 Å². The van der Waals surface area contributed by atoms with E-state index in [4.69, 9.17) is 14.2 Å². The minimum absolute atomic E-state index is 0.162. The first kappa shape index (κ1) is 36.7. The lowest BCUT2D eigenvalue weighted by Crippen LogP contribution is -2.39. The Morgan fingerprint density at radius 2 is 1.46 bits per heavy atom. The van der Waals surface area contributed by atoms with Crippen molar-refractivity contribution in [2.75, 3.05) is 14.2 Å². The van der Waals surface area contributed by atoms with Gasteiger partial charge < -0.3 is 18.8 Å². The molecule has 0 saturated heterocycles. The van der Waals surface area contributed by atoms with Crippen LogP contribution in [0, 0.1) is 5.92 Å². The van der Waals surface area contributed by atoms with E-state index in [0.29, 0.717) is 24.4 Å². The molecule has 41 heavy (non-hydrogen) atoms. The minimum Gasteiger partial charge on any atom is -0.469 e. The number of carbonyl (C=O) groups excluding carboxylic acids is 4. The molecule has 0 amide bonds. The van der Waals surface area contributed by atoms with E-state index in [1.807, 2.05) is 0 Å². The number of nitrogens with zero attached hydrogens (tertiary/aromatic N) is 2. The van der Waals surface area contributed by atoms with Gasteiger partial charge in [-0.15, -0.1) is 0 Å². The maximum atomic E-state index is 13.6. The van der Waals surface area contributed by atoms with Crippen LogP contribution in [0.15, 0.2) is 11.4 Å². The number of thioether (sulfide) groups is 1. The van der Waals surface area contributed by atoms with E-state index in [1.165, 1.54) is 70.7 Å². The van der Waals surface area contributed by atoms with Gasteiger partial charge in [-0.05, 0) is 40.0 Å². The second-order valence-corrected chi connectivity index (χ2v) is 12.7. The number of aromatic nitrogens is 2. The molecular formula is C31H52N2O7S. The fraction of sp³-hybridized carbons (Fsp3) is 0.774. The van der Waals surface area contributed by atoms with Crippen LogP contribution >= 0.6 is 11.8 Å². The van der Waals surface area contributed by atoms with Crippen LogP contribution in [0.25, 0.3) is 0 Å². The summed E-state index contributed by atoms with van der Waals surface area (Å²) in [7, 11) is 4.31. The Hall–Kier alpha value is -2.36. The Morgan fingerprint density at radius 1 is 0.878 bits per heavy atom. The van der Waals surface area contributed by atoms with Crippen molar-refractivity contribution in [1.82, 2.24) is 9.55 Å². The van der Waals surface area contributed by atoms with Gasteiger partial charge in [0.25, 0.3) is 0 Å². The molecule has 0 aliphatic carbocycles. The summed E-state index contributed by atoms with van der Waals surface area (Å²) in [6, 6.07) is 0. The average molecular weight is 597 g/mol. The first-order valence-electron chi connectivity index (χ1n) is 15.0. The molecule has 0 aliphatic heterocycles. The van der Waals surface area contributed by atoms with Crippen LogP contribution in [0.4, 0.5) is 0 Å². The highest BCUT2D eigenvalue weighted by molar-refractivity contribution is 7.99. The molecule has 0 aliphatic rings. The monoisotopic (exact) mass is 596 g/mol. The highest BCUT2D eigenvalue weighted by Crippen LogP contribution is 2.34. The van der Waals surface area contributed by atoms with Gasteiger partial charge in [-0.25, -0.2) is 9.78 Å². The molecule has 0 saturated carbocycles. The Bertz CT molecular complexity index is 955. The smallest absolute Gasteiger partial charge is 0.356 e. The number of ether oxygens (including phenoxy) is 3. The Labute approximate surface area is 250 Å². The Balaban J connectivity index is 3.01. The van der Waals surface area contributed by atoms with Crippen molar-refractivity contribution in [2.24, 2.45) is 13.0 Å². The molecule has 10 heteroatoms. The minimum atomic E-state index is -1.03. The third-order valence-electron chi connectivity index (χ3n) is 6.85. The molecule has 2 unspecified atom stereocenters. The van der Waals surface area contributed by atoms with Crippen molar-refractivity contribution < 1.29 is 33.4 Å². The van der Waals surface area contributed by atoms with Crippen LogP contribution in [0.1, 0.15) is 128 Å². The number of rotatable bonds is 21. The van der Waals surface area contributed by atoms with Gasteiger partial charge >= 0.3 is 17.9 Å². The summed E-state index contributed by atoms with van der Waals surface area (Å²) in [5, 5.41) is -0.0783. The van der Waals surface area contributed by atoms with Crippen LogP contribution in [0.2, 0.25) is 0 Å². The standard InChI is InChI=1S/C31H52N2O7S/c1-8-9-10-11-12-13-14-15-16-17-19-24(34)27(29(37)40-31(2,3)4)25(20-18-21-26(35)38-6)41-30-32-22-23(33(30)5)28(36)39-7/h22,25,27H,8-21H2,1-7H3. The van der Waals surface area contributed by atoms with Crippen LogP contribution < -0.4 is 0 Å². The van der Waals surface area contributed by atoms with Gasteiger partial charge in [0.1, 0.15) is 23.0 Å². The maximum Gasteiger partial charge on any atom is 0.356 e. The lowest BCUT2D eigenvalue weighted by molar-refractivity contribution is -0.162. The molecule has 0 aromatic carbocycles. The Kier molecular flexibility index (Phi) is 17.6. The molecule has 0 radical (unpaired) electrons. The SMILES string of the molecule is CCCCCCCCCCCCC(=O)C(C(=O)OC(C)(C)C)C(CCCC(=O)OC)Sc1ncc(C(=O)OC)n1C. The summed E-state index contributed by atoms with van der Waals surface area (Å²) in [6.45, 7) is 7.54. The molecule has 234 valence electrons. The molecule has 0 fully saturated rings. The van der Waals surface area contributed by atoms with Crippen LogP contribution in [0.3, 0.4) is 0 Å². The summed E-state index contributed by atoms with van der Waals surface area (Å²) >= 11 is 1.24.